The summed E-state index contributed by atoms with van der Waals surface area (Å²) < 4.78 is 0. The number of aromatic nitrogens is 3. The minimum absolute atomic E-state index is 0.0416. The molecule has 0 aliphatic rings. The zero-order valence-electron chi connectivity index (χ0n) is 9.84. The van der Waals surface area contributed by atoms with Gasteiger partial charge in [-0.25, -0.2) is 0 Å². The molecule has 17 heavy (non-hydrogen) atoms. The number of rotatable bonds is 3. The van der Waals surface area contributed by atoms with E-state index in [4.69, 9.17) is 0 Å². The van der Waals surface area contributed by atoms with Crippen molar-refractivity contribution < 1.29 is 4.79 Å². The zero-order valence-corrected chi connectivity index (χ0v) is 9.84. The second kappa shape index (κ2) is 4.78. The maximum absolute atomic E-state index is 12.1. The number of aryl methyl sites for hydroxylation is 1. The van der Waals surface area contributed by atoms with Crippen LogP contribution in [0.5, 0.6) is 0 Å². The number of pyridine rings is 1. The molecule has 0 radical (unpaired) electrons. The Labute approximate surface area is 99.5 Å². The molecule has 1 amide bonds. The lowest BCUT2D eigenvalue weighted by Gasteiger charge is -2.16. The normalized spacial score (nSPS) is 10.2. The Morgan fingerprint density at radius 3 is 2.88 bits per heavy atom. The first-order valence-corrected chi connectivity index (χ1v) is 5.33. The predicted molar refractivity (Wildman–Crippen MR) is 63.4 cm³/mol. The molecule has 5 nitrogen and oxygen atoms in total. The number of nitrogens with zero attached hydrogens (tertiary/aromatic N) is 3. The van der Waals surface area contributed by atoms with Crippen LogP contribution in [0.1, 0.15) is 21.6 Å². The molecule has 2 aromatic rings. The van der Waals surface area contributed by atoms with Crippen molar-refractivity contribution in [3.05, 3.63) is 47.5 Å². The van der Waals surface area contributed by atoms with Gasteiger partial charge >= 0.3 is 0 Å². The molecule has 5 heteroatoms. The van der Waals surface area contributed by atoms with Crippen LogP contribution in [0.15, 0.2) is 30.7 Å². The molecule has 2 rings (SSSR count). The molecule has 0 aromatic carbocycles. The molecule has 0 saturated carbocycles. The SMILES string of the molecule is Cc1[nH]ncc1C(=O)N(C)Cc1cccnc1. The lowest BCUT2D eigenvalue weighted by Crippen LogP contribution is -2.26. The number of carbonyl (C=O) groups is 1. The molecular weight excluding hydrogens is 216 g/mol. The molecular formula is C12H14N4O. The number of carbonyl (C=O) groups excluding carboxylic acids is 1. The van der Waals surface area contributed by atoms with E-state index < -0.39 is 0 Å². The first-order chi connectivity index (χ1) is 8.18. The van der Waals surface area contributed by atoms with E-state index in [1.54, 1.807) is 30.5 Å². The van der Waals surface area contributed by atoms with E-state index >= 15 is 0 Å². The molecule has 2 aromatic heterocycles. The Hall–Kier alpha value is -2.17. The topological polar surface area (TPSA) is 61.9 Å². The van der Waals surface area contributed by atoms with E-state index in [9.17, 15) is 4.79 Å². The van der Waals surface area contributed by atoms with Crippen molar-refractivity contribution in [2.75, 3.05) is 7.05 Å². The highest BCUT2D eigenvalue weighted by atomic mass is 16.2. The first kappa shape index (κ1) is 11.3. The third-order valence-electron chi connectivity index (χ3n) is 2.55. The van der Waals surface area contributed by atoms with Gasteiger partial charge in [-0.05, 0) is 18.6 Å². The molecule has 0 fully saturated rings. The van der Waals surface area contributed by atoms with Gasteiger partial charge in [0.25, 0.3) is 5.91 Å². The summed E-state index contributed by atoms with van der Waals surface area (Å²) in [7, 11) is 1.77. The van der Waals surface area contributed by atoms with Gasteiger partial charge in [-0.15, -0.1) is 0 Å². The van der Waals surface area contributed by atoms with E-state index in [1.165, 1.54) is 0 Å². The van der Waals surface area contributed by atoms with Crippen LogP contribution in [0.4, 0.5) is 0 Å². The van der Waals surface area contributed by atoms with Crippen molar-refractivity contribution in [1.82, 2.24) is 20.1 Å². The number of aromatic amines is 1. The molecule has 0 atom stereocenters. The largest absolute Gasteiger partial charge is 0.337 e. The molecule has 0 spiro atoms. The molecule has 0 saturated heterocycles. The zero-order chi connectivity index (χ0) is 12.3. The van der Waals surface area contributed by atoms with Gasteiger partial charge in [0.1, 0.15) is 0 Å². The molecule has 0 aliphatic heterocycles. The fourth-order valence-corrected chi connectivity index (χ4v) is 1.61. The summed E-state index contributed by atoms with van der Waals surface area (Å²) in [6, 6.07) is 3.80. The second-order valence-electron chi connectivity index (χ2n) is 3.93. The summed E-state index contributed by atoms with van der Waals surface area (Å²) in [6.45, 7) is 2.37. The Kier molecular flexibility index (Phi) is 3.18. The van der Waals surface area contributed by atoms with Crippen molar-refractivity contribution in [1.29, 1.82) is 0 Å². The Balaban J connectivity index is 2.09. The molecule has 2 heterocycles. The number of nitrogens with one attached hydrogen (secondary N) is 1. The van der Waals surface area contributed by atoms with Crippen LogP contribution < -0.4 is 0 Å². The van der Waals surface area contributed by atoms with Crippen LogP contribution in [0.2, 0.25) is 0 Å². The second-order valence-corrected chi connectivity index (χ2v) is 3.93. The number of amides is 1. The Morgan fingerprint density at radius 1 is 1.47 bits per heavy atom. The highest BCUT2D eigenvalue weighted by Crippen LogP contribution is 2.09. The minimum atomic E-state index is -0.0416. The van der Waals surface area contributed by atoms with Crippen LogP contribution in [0.3, 0.4) is 0 Å². The van der Waals surface area contributed by atoms with Crippen LogP contribution in [0, 0.1) is 6.92 Å². The first-order valence-electron chi connectivity index (χ1n) is 5.33. The third kappa shape index (κ3) is 2.50. The monoisotopic (exact) mass is 230 g/mol. The fourth-order valence-electron chi connectivity index (χ4n) is 1.61. The van der Waals surface area contributed by atoms with Gasteiger partial charge in [-0.2, -0.15) is 5.10 Å². The summed E-state index contributed by atoms with van der Waals surface area (Å²) in [4.78, 5) is 17.7. The quantitative estimate of drug-likeness (QED) is 0.866. The Bertz CT molecular complexity index is 506. The van der Waals surface area contributed by atoms with Gasteiger partial charge in [0.05, 0.1) is 11.8 Å². The van der Waals surface area contributed by atoms with Crippen molar-refractivity contribution in [2.45, 2.75) is 13.5 Å². The number of hydrogen-bond acceptors (Lipinski definition) is 3. The summed E-state index contributed by atoms with van der Waals surface area (Å²) in [6.07, 6.45) is 5.02. The van der Waals surface area contributed by atoms with E-state index in [-0.39, 0.29) is 5.91 Å². The standard InChI is InChI=1S/C12H14N4O/c1-9-11(7-14-15-9)12(17)16(2)8-10-4-3-5-13-6-10/h3-7H,8H2,1-2H3,(H,14,15). The van der Waals surface area contributed by atoms with Crippen molar-refractivity contribution in [3.63, 3.8) is 0 Å². The predicted octanol–water partition coefficient (Wildman–Crippen LogP) is 1.39. The molecule has 0 bridgehead atoms. The molecule has 88 valence electrons. The highest BCUT2D eigenvalue weighted by Gasteiger charge is 2.15. The van der Waals surface area contributed by atoms with Crippen LogP contribution in [-0.4, -0.2) is 33.0 Å². The van der Waals surface area contributed by atoms with Crippen molar-refractivity contribution >= 4 is 5.91 Å². The van der Waals surface area contributed by atoms with Gasteiger partial charge in [0, 0.05) is 31.7 Å². The summed E-state index contributed by atoms with van der Waals surface area (Å²) in [5.74, 6) is -0.0416. The van der Waals surface area contributed by atoms with Gasteiger partial charge in [0.2, 0.25) is 0 Å². The van der Waals surface area contributed by atoms with Crippen LogP contribution >= 0.6 is 0 Å². The lowest BCUT2D eigenvalue weighted by atomic mass is 10.2. The van der Waals surface area contributed by atoms with E-state index in [1.807, 2.05) is 19.1 Å². The molecule has 0 aliphatic carbocycles. The van der Waals surface area contributed by atoms with E-state index in [2.05, 4.69) is 15.2 Å². The van der Waals surface area contributed by atoms with Crippen molar-refractivity contribution in [3.8, 4) is 0 Å². The Morgan fingerprint density at radius 2 is 2.29 bits per heavy atom. The number of hydrogen-bond donors (Lipinski definition) is 1. The average Bonchev–Trinajstić information content (AvgIpc) is 2.76. The molecule has 1 N–H and O–H groups in total. The van der Waals surface area contributed by atoms with Gasteiger partial charge in [0.15, 0.2) is 0 Å². The van der Waals surface area contributed by atoms with Crippen molar-refractivity contribution in [2.24, 2.45) is 0 Å². The highest BCUT2D eigenvalue weighted by molar-refractivity contribution is 5.94. The summed E-state index contributed by atoms with van der Waals surface area (Å²) in [5, 5.41) is 6.61. The fraction of sp³-hybridized carbons (Fsp3) is 0.250. The molecule has 0 unspecified atom stereocenters. The lowest BCUT2D eigenvalue weighted by molar-refractivity contribution is 0.0784. The third-order valence-corrected chi connectivity index (χ3v) is 2.55. The summed E-state index contributed by atoms with van der Waals surface area (Å²) in [5.41, 5.74) is 2.40. The van der Waals surface area contributed by atoms with Gasteiger partial charge in [-0.3, -0.25) is 14.9 Å². The maximum atomic E-state index is 12.1. The maximum Gasteiger partial charge on any atom is 0.257 e. The summed E-state index contributed by atoms with van der Waals surface area (Å²) >= 11 is 0. The van der Waals surface area contributed by atoms with Gasteiger partial charge < -0.3 is 4.90 Å². The smallest absolute Gasteiger partial charge is 0.257 e. The van der Waals surface area contributed by atoms with Crippen LogP contribution in [-0.2, 0) is 6.54 Å². The van der Waals surface area contributed by atoms with E-state index in [0.29, 0.717) is 12.1 Å². The average molecular weight is 230 g/mol. The van der Waals surface area contributed by atoms with E-state index in [0.717, 1.165) is 11.3 Å². The minimum Gasteiger partial charge on any atom is -0.337 e. The number of H-pyrrole nitrogens is 1. The van der Waals surface area contributed by atoms with Crippen LogP contribution in [0.25, 0.3) is 0 Å². The van der Waals surface area contributed by atoms with Gasteiger partial charge in [-0.1, -0.05) is 6.07 Å².